The van der Waals surface area contributed by atoms with E-state index in [0.717, 1.165) is 0 Å². The van der Waals surface area contributed by atoms with Gasteiger partial charge < -0.3 is 10.2 Å². The lowest BCUT2D eigenvalue weighted by molar-refractivity contribution is 0.0651. The summed E-state index contributed by atoms with van der Waals surface area (Å²) in [5, 5.41) is 7.19. The quantitative estimate of drug-likeness (QED) is 0.710. The van der Waals surface area contributed by atoms with Gasteiger partial charge in [-0.2, -0.15) is 0 Å². The topological polar surface area (TPSA) is 74.6 Å². The van der Waals surface area contributed by atoms with Gasteiger partial charge in [0.25, 0.3) is 2.86 Å². The van der Waals surface area contributed by atoms with E-state index in [1.54, 1.807) is 0 Å². The minimum absolute atomic E-state index is 0.762. The van der Waals surface area contributed by atoms with E-state index in [9.17, 15) is 9.59 Å². The Morgan fingerprint density at radius 3 is 1.92 bits per heavy atom. The molecule has 0 aliphatic carbocycles. The summed E-state index contributed by atoms with van der Waals surface area (Å²) in [4.78, 5) is 22.5. The standard InChI is InChI=1S/C8H6O4/c9-7(10)5-3-1-2-4-6(5)8(11)12/h1-4H,(H,9,10)(H,11,12)/i1T,2T,3T,4T/hT2. The molecule has 0 aliphatic rings. The van der Waals surface area contributed by atoms with Crippen LogP contribution in [0.25, 0.3) is 2.86 Å². The van der Waals surface area contributed by atoms with Gasteiger partial charge in [0, 0.05) is 0 Å². The van der Waals surface area contributed by atoms with E-state index in [-0.39, 0.29) is 0 Å². The molecule has 0 heterocycles. The molecule has 2 N–H and O–H groups in total. The SMILES string of the molecule is [3H]OC(=O)c1c([3H])c([3H])c([3H])c([3H])c1C(=O)O[3H]. The number of hydrogen-bond donors (Lipinski definition) is 2. The van der Waals surface area contributed by atoms with E-state index >= 15 is 0 Å². The minimum Gasteiger partial charge on any atom is -0.478 e. The molecule has 0 bridgehead atoms. The highest BCUT2D eigenvalue weighted by Crippen LogP contribution is 2.07. The lowest BCUT2D eigenvalue weighted by Crippen LogP contribution is -2.06. The number of hydrogen-bond acceptors (Lipinski definition) is 4. The highest BCUT2D eigenvalue weighted by molar-refractivity contribution is 6.01. The maximum Gasteiger partial charge on any atom is 0.336 e. The van der Waals surface area contributed by atoms with Crippen LogP contribution in [-0.2, 0) is 0 Å². The molecule has 0 saturated carbocycles. The van der Waals surface area contributed by atoms with Gasteiger partial charge in [-0.3, -0.25) is 0 Å². The molecule has 0 amide bonds. The van der Waals surface area contributed by atoms with Crippen LogP contribution >= 0.6 is 0 Å². The van der Waals surface area contributed by atoms with Crippen molar-refractivity contribution in [1.82, 2.24) is 0 Å². The van der Waals surface area contributed by atoms with Crippen molar-refractivity contribution < 1.29 is 25.3 Å². The molecule has 4 heteroatoms. The third kappa shape index (κ3) is 1.42. The second-order valence-corrected chi connectivity index (χ2v) is 1.82. The molecule has 0 fully saturated rings. The van der Waals surface area contributed by atoms with Crippen LogP contribution in [0.4, 0.5) is 0 Å². The third-order valence-electron chi connectivity index (χ3n) is 1.10. The first kappa shape index (κ1) is 3.26. The normalized spacial score (nSPS) is 15.7. The Hall–Kier alpha value is -1.84. The van der Waals surface area contributed by atoms with Gasteiger partial charge in [0.2, 0.25) is 0 Å². The predicted octanol–water partition coefficient (Wildman–Crippen LogP) is 1.08. The zero-order chi connectivity index (χ0) is 14.0. The average molecular weight is 178 g/mol. The first-order chi connectivity index (χ1) is 8.36. The number of rotatable bonds is 2. The molecule has 0 saturated heterocycles. The van der Waals surface area contributed by atoms with Crippen molar-refractivity contribution in [2.45, 2.75) is 0 Å². The largest absolute Gasteiger partial charge is 0.478 e. The van der Waals surface area contributed by atoms with Gasteiger partial charge >= 0.3 is 11.9 Å². The Morgan fingerprint density at radius 1 is 1.17 bits per heavy atom. The van der Waals surface area contributed by atoms with E-state index in [0.29, 0.717) is 0 Å². The summed E-state index contributed by atoms with van der Waals surface area (Å²) in [6.07, 6.45) is 0. The third-order valence-corrected chi connectivity index (χ3v) is 1.10. The Bertz CT molecular complexity index is 482. The molecule has 1 aromatic rings. The van der Waals surface area contributed by atoms with Crippen LogP contribution in [0.2, 0.25) is 0 Å². The Labute approximate surface area is 76.7 Å². The lowest BCUT2D eigenvalue weighted by atomic mass is 10.1. The van der Waals surface area contributed by atoms with E-state index in [4.69, 9.17) is 8.35 Å². The maximum atomic E-state index is 11.3. The molecule has 0 unspecified atom stereocenters. The molecule has 0 aromatic heterocycles. The van der Waals surface area contributed by atoms with Crippen molar-refractivity contribution in [3.63, 3.8) is 0 Å². The second kappa shape index (κ2) is 3.04. The fourth-order valence-corrected chi connectivity index (χ4v) is 0.619. The summed E-state index contributed by atoms with van der Waals surface area (Å²) in [6, 6.07) is -3.20. The van der Waals surface area contributed by atoms with Crippen LogP contribution in [0.5, 0.6) is 0 Å². The zero-order valence-corrected chi connectivity index (χ0v) is 5.63. The fourth-order valence-electron chi connectivity index (χ4n) is 0.619. The zero-order valence-electron chi connectivity index (χ0n) is 11.6. The predicted molar refractivity (Wildman–Crippen MR) is 40.4 cm³/mol. The number of carbonyl (C=O) groups is 2. The minimum atomic E-state index is -1.44. The van der Waals surface area contributed by atoms with E-state index in [2.05, 4.69) is 10.2 Å². The van der Waals surface area contributed by atoms with Gasteiger partial charge in [0.05, 0.1) is 16.6 Å². The molecular weight excluding hydrogens is 160 g/mol. The van der Waals surface area contributed by atoms with E-state index < -0.39 is 47.2 Å². The van der Waals surface area contributed by atoms with Gasteiger partial charge in [0.1, 0.15) is 0 Å². The first-order valence-electron chi connectivity index (χ1n) is 5.63. The summed E-state index contributed by atoms with van der Waals surface area (Å²) < 4.78 is 42.4. The number of carboxylic acids is 2. The van der Waals surface area contributed by atoms with E-state index in [1.165, 1.54) is 0 Å². The number of carboxylic acid groups (broad SMARTS) is 2. The van der Waals surface area contributed by atoms with Crippen molar-refractivity contribution in [3.8, 4) is 0 Å². The summed E-state index contributed by atoms with van der Waals surface area (Å²) in [7, 11) is 0. The first-order valence-corrected chi connectivity index (χ1v) is 2.82. The summed E-state index contributed by atoms with van der Waals surface area (Å²) >= 11 is 0. The van der Waals surface area contributed by atoms with Gasteiger partial charge in [-0.25, -0.2) is 9.59 Å². The highest BCUT2D eigenvalue weighted by atomic mass is 16.4. The van der Waals surface area contributed by atoms with Crippen molar-refractivity contribution in [3.05, 3.63) is 35.3 Å². The van der Waals surface area contributed by atoms with Gasteiger partial charge in [-0.15, -0.1) is 0 Å². The van der Waals surface area contributed by atoms with Crippen LogP contribution in [0, 0.1) is 0 Å². The number of benzene rings is 1. The maximum absolute atomic E-state index is 11.3. The Kier molecular flexibility index (Phi) is 0.828. The van der Waals surface area contributed by atoms with Crippen molar-refractivity contribution in [2.75, 3.05) is 0 Å². The van der Waals surface area contributed by atoms with Crippen LogP contribution in [-0.4, -0.2) is 22.2 Å². The van der Waals surface area contributed by atoms with Crippen LogP contribution in [0.15, 0.2) is 24.2 Å². The molecule has 12 heavy (non-hydrogen) atoms. The molecule has 1 rings (SSSR count). The summed E-state index contributed by atoms with van der Waals surface area (Å²) in [6.45, 7) is 0. The molecule has 0 aliphatic heterocycles. The summed E-state index contributed by atoms with van der Waals surface area (Å²) in [5.74, 6) is -2.88. The van der Waals surface area contributed by atoms with Crippen molar-refractivity contribution in [1.29, 1.82) is 2.86 Å². The van der Waals surface area contributed by atoms with Gasteiger partial charge in [0.15, 0.2) is 0 Å². The molecule has 1 aromatic carbocycles. The second-order valence-electron chi connectivity index (χ2n) is 1.82. The van der Waals surface area contributed by atoms with Gasteiger partial charge in [-0.1, -0.05) is 12.1 Å². The smallest absolute Gasteiger partial charge is 0.336 e. The van der Waals surface area contributed by atoms with Crippen molar-refractivity contribution >= 4 is 11.9 Å². The molecular formula is C8H6O4. The molecule has 0 atom stereocenters. The van der Waals surface area contributed by atoms with Crippen molar-refractivity contribution in [2.24, 2.45) is 0 Å². The van der Waals surface area contributed by atoms with Crippen LogP contribution < -0.4 is 0 Å². The lowest BCUT2D eigenvalue weighted by Gasteiger charge is -1.98. The van der Waals surface area contributed by atoms with Crippen LogP contribution in [0.1, 0.15) is 26.2 Å². The molecule has 4 nitrogen and oxygen atoms in total. The Morgan fingerprint density at radius 2 is 1.58 bits per heavy atom. The molecule has 62 valence electrons. The van der Waals surface area contributed by atoms with Gasteiger partial charge in [-0.05, 0) is 12.1 Å². The van der Waals surface area contributed by atoms with E-state index in [1.807, 2.05) is 0 Å². The highest BCUT2D eigenvalue weighted by Gasteiger charge is 2.13. The average Bonchev–Trinajstić information content (AvgIpc) is 2.38. The number of aromatic carboxylic acids is 2. The monoisotopic (exact) mass is 178 g/mol. The fraction of sp³-hybridized carbons (Fsp3) is 0. The Balaban J connectivity index is 3.75. The molecule has 0 radical (unpaired) electrons. The van der Waals surface area contributed by atoms with Crippen LogP contribution in [0.3, 0.4) is 0 Å². The summed E-state index contributed by atoms with van der Waals surface area (Å²) in [5.41, 5.74) is -1.68. The molecule has 0 spiro atoms.